The molecule has 1 aromatic carbocycles. The first-order valence-corrected chi connectivity index (χ1v) is 6.13. The van der Waals surface area contributed by atoms with Gasteiger partial charge in [-0.3, -0.25) is 4.99 Å². The highest BCUT2D eigenvalue weighted by molar-refractivity contribution is 14.1. The molecule has 0 atom stereocenters. The second-order valence-electron chi connectivity index (χ2n) is 2.91. The van der Waals surface area contributed by atoms with Gasteiger partial charge in [-0.2, -0.15) is 0 Å². The molecule has 0 aromatic heterocycles. The summed E-state index contributed by atoms with van der Waals surface area (Å²) in [5, 5.41) is 6.38. The maximum absolute atomic E-state index is 4.26. The van der Waals surface area contributed by atoms with Crippen LogP contribution in [-0.4, -0.2) is 19.0 Å². The second kappa shape index (κ2) is 4.48. The average Bonchev–Trinajstić information content (AvgIpc) is 2.64. The van der Waals surface area contributed by atoms with E-state index >= 15 is 0 Å². The van der Waals surface area contributed by atoms with E-state index in [0.29, 0.717) is 0 Å². The van der Waals surface area contributed by atoms with Gasteiger partial charge in [0.05, 0.1) is 6.54 Å². The zero-order valence-corrected chi connectivity index (χ0v) is 11.1. The summed E-state index contributed by atoms with van der Waals surface area (Å²) in [7, 11) is 0. The maximum Gasteiger partial charge on any atom is 0.195 e. The first kappa shape index (κ1) is 10.2. The van der Waals surface area contributed by atoms with Gasteiger partial charge in [0.25, 0.3) is 0 Å². The van der Waals surface area contributed by atoms with Crippen LogP contribution >= 0.6 is 38.5 Å². The first-order valence-electron chi connectivity index (χ1n) is 4.26. The normalized spacial score (nSPS) is 14.9. The van der Waals surface area contributed by atoms with Crippen molar-refractivity contribution in [1.29, 1.82) is 0 Å². The third-order valence-corrected chi connectivity index (χ3v) is 4.19. The number of nitrogens with zero attached hydrogens (tertiary/aromatic N) is 1. The van der Waals surface area contributed by atoms with Crippen LogP contribution in [0.15, 0.2) is 27.7 Å². The molecule has 0 radical (unpaired) electrons. The maximum atomic E-state index is 4.26. The lowest BCUT2D eigenvalue weighted by Gasteiger charge is -2.07. The van der Waals surface area contributed by atoms with Crippen LogP contribution in [-0.2, 0) is 0 Å². The Bertz CT molecular complexity index is 378. The van der Waals surface area contributed by atoms with Gasteiger partial charge in [-0.25, -0.2) is 0 Å². The second-order valence-corrected chi connectivity index (χ2v) is 4.93. The van der Waals surface area contributed by atoms with Gasteiger partial charge < -0.3 is 10.6 Å². The van der Waals surface area contributed by atoms with Gasteiger partial charge in [0.2, 0.25) is 0 Å². The van der Waals surface area contributed by atoms with E-state index in [2.05, 4.69) is 60.2 Å². The zero-order chi connectivity index (χ0) is 9.97. The Morgan fingerprint density at radius 1 is 1.50 bits per heavy atom. The van der Waals surface area contributed by atoms with Crippen LogP contribution in [0.4, 0.5) is 5.69 Å². The van der Waals surface area contributed by atoms with Gasteiger partial charge >= 0.3 is 0 Å². The number of guanidine groups is 1. The van der Waals surface area contributed by atoms with Crippen LogP contribution in [0.25, 0.3) is 0 Å². The van der Waals surface area contributed by atoms with Gasteiger partial charge in [0.15, 0.2) is 5.96 Å². The highest BCUT2D eigenvalue weighted by atomic mass is 127. The predicted molar refractivity (Wildman–Crippen MR) is 70.8 cm³/mol. The van der Waals surface area contributed by atoms with Crippen LogP contribution < -0.4 is 10.6 Å². The van der Waals surface area contributed by atoms with E-state index in [1.807, 2.05) is 12.1 Å². The topological polar surface area (TPSA) is 36.4 Å². The first-order chi connectivity index (χ1) is 6.75. The molecular formula is C9H9BrIN3. The van der Waals surface area contributed by atoms with E-state index < -0.39 is 0 Å². The molecule has 0 unspecified atom stereocenters. The SMILES string of the molecule is Brc1cc(NC2=NCCN2)ccc1I. The summed E-state index contributed by atoms with van der Waals surface area (Å²) in [6.07, 6.45) is 0. The minimum Gasteiger partial charge on any atom is -0.354 e. The molecule has 0 amide bonds. The van der Waals surface area contributed by atoms with Crippen molar-refractivity contribution in [3.8, 4) is 0 Å². The Labute approximate surface area is 105 Å². The van der Waals surface area contributed by atoms with Crippen molar-refractivity contribution in [3.05, 3.63) is 26.2 Å². The highest BCUT2D eigenvalue weighted by Crippen LogP contribution is 2.22. The van der Waals surface area contributed by atoms with Crippen LogP contribution in [0.2, 0.25) is 0 Å². The van der Waals surface area contributed by atoms with Crippen molar-refractivity contribution < 1.29 is 0 Å². The molecule has 0 bridgehead atoms. The number of hydrogen-bond acceptors (Lipinski definition) is 3. The van der Waals surface area contributed by atoms with Crippen LogP contribution in [0.1, 0.15) is 0 Å². The molecule has 0 spiro atoms. The molecular weight excluding hydrogens is 357 g/mol. The van der Waals surface area contributed by atoms with Crippen molar-refractivity contribution in [3.63, 3.8) is 0 Å². The molecule has 3 nitrogen and oxygen atoms in total. The summed E-state index contributed by atoms with van der Waals surface area (Å²) in [5.74, 6) is 0.859. The Balaban J connectivity index is 2.13. The van der Waals surface area contributed by atoms with Gasteiger partial charge in [0, 0.05) is 20.3 Å². The quantitative estimate of drug-likeness (QED) is 0.750. The van der Waals surface area contributed by atoms with Gasteiger partial charge in [-0.05, 0) is 56.7 Å². The van der Waals surface area contributed by atoms with Crippen LogP contribution in [0.5, 0.6) is 0 Å². The molecule has 0 aliphatic carbocycles. The monoisotopic (exact) mass is 365 g/mol. The number of aliphatic imine (C=N–C) groups is 1. The number of benzene rings is 1. The number of halogens is 2. The number of anilines is 1. The van der Waals surface area contributed by atoms with E-state index in [0.717, 1.165) is 29.2 Å². The molecule has 0 saturated heterocycles. The molecule has 74 valence electrons. The molecule has 2 rings (SSSR count). The Hall–Kier alpha value is -0.300. The van der Waals surface area contributed by atoms with E-state index in [1.165, 1.54) is 3.57 Å². The summed E-state index contributed by atoms with van der Waals surface area (Å²) in [5.41, 5.74) is 1.05. The third kappa shape index (κ3) is 2.38. The van der Waals surface area contributed by atoms with E-state index in [4.69, 9.17) is 0 Å². The summed E-state index contributed by atoms with van der Waals surface area (Å²) in [6.45, 7) is 1.78. The summed E-state index contributed by atoms with van der Waals surface area (Å²) in [4.78, 5) is 4.26. The predicted octanol–water partition coefficient (Wildman–Crippen LogP) is 2.42. The molecule has 0 fully saturated rings. The van der Waals surface area contributed by atoms with E-state index in [9.17, 15) is 0 Å². The van der Waals surface area contributed by atoms with E-state index in [1.54, 1.807) is 0 Å². The summed E-state index contributed by atoms with van der Waals surface area (Å²) >= 11 is 5.77. The van der Waals surface area contributed by atoms with Crippen molar-refractivity contribution in [2.75, 3.05) is 18.4 Å². The van der Waals surface area contributed by atoms with Crippen molar-refractivity contribution >= 4 is 50.2 Å². The molecule has 2 N–H and O–H groups in total. The van der Waals surface area contributed by atoms with E-state index in [-0.39, 0.29) is 0 Å². The fraction of sp³-hybridized carbons (Fsp3) is 0.222. The molecule has 1 heterocycles. The minimum absolute atomic E-state index is 0.855. The van der Waals surface area contributed by atoms with Crippen molar-refractivity contribution in [1.82, 2.24) is 5.32 Å². The largest absolute Gasteiger partial charge is 0.354 e. The number of rotatable bonds is 1. The lowest BCUT2D eigenvalue weighted by atomic mass is 10.3. The van der Waals surface area contributed by atoms with Crippen LogP contribution in [0, 0.1) is 3.57 Å². The molecule has 1 aromatic rings. The molecule has 14 heavy (non-hydrogen) atoms. The number of nitrogens with one attached hydrogen (secondary N) is 2. The Kier molecular flexibility index (Phi) is 3.27. The average molecular weight is 366 g/mol. The van der Waals surface area contributed by atoms with Gasteiger partial charge in [0.1, 0.15) is 0 Å². The minimum atomic E-state index is 0.855. The molecule has 5 heteroatoms. The van der Waals surface area contributed by atoms with Crippen molar-refractivity contribution in [2.45, 2.75) is 0 Å². The van der Waals surface area contributed by atoms with Gasteiger partial charge in [-0.1, -0.05) is 0 Å². The van der Waals surface area contributed by atoms with Gasteiger partial charge in [-0.15, -0.1) is 0 Å². The zero-order valence-electron chi connectivity index (χ0n) is 7.35. The third-order valence-electron chi connectivity index (χ3n) is 1.86. The molecule has 1 aliphatic rings. The fourth-order valence-electron chi connectivity index (χ4n) is 1.19. The molecule has 0 saturated carbocycles. The smallest absolute Gasteiger partial charge is 0.195 e. The van der Waals surface area contributed by atoms with Crippen molar-refractivity contribution in [2.24, 2.45) is 4.99 Å². The lowest BCUT2D eigenvalue weighted by molar-refractivity contribution is 0.959. The summed E-state index contributed by atoms with van der Waals surface area (Å²) in [6, 6.07) is 6.14. The lowest BCUT2D eigenvalue weighted by Crippen LogP contribution is -2.26. The Morgan fingerprint density at radius 2 is 2.36 bits per heavy atom. The Morgan fingerprint density at radius 3 is 3.00 bits per heavy atom. The van der Waals surface area contributed by atoms with Crippen LogP contribution in [0.3, 0.4) is 0 Å². The molecule has 1 aliphatic heterocycles. The number of hydrogen-bond donors (Lipinski definition) is 2. The standard InChI is InChI=1S/C9H9BrIN3/c10-7-5-6(1-2-8(7)11)14-9-12-3-4-13-9/h1-2,5H,3-4H2,(H2,12,13,14). The summed E-state index contributed by atoms with van der Waals surface area (Å²) < 4.78 is 2.30. The highest BCUT2D eigenvalue weighted by Gasteiger charge is 2.05. The fourth-order valence-corrected chi connectivity index (χ4v) is 1.91.